The van der Waals surface area contributed by atoms with Gasteiger partial charge >= 0.3 is 0 Å². The number of rotatable bonds is 3. The van der Waals surface area contributed by atoms with E-state index in [9.17, 15) is 0 Å². The molecule has 5 nitrogen and oxygen atoms in total. The Balaban J connectivity index is 1.89. The monoisotopic (exact) mass is 230 g/mol. The van der Waals surface area contributed by atoms with Gasteiger partial charge in [-0.2, -0.15) is 4.98 Å². The van der Waals surface area contributed by atoms with Crippen LogP contribution in [-0.2, 0) is 0 Å². The highest BCUT2D eigenvalue weighted by molar-refractivity contribution is 5.46. The third-order valence-electron chi connectivity index (χ3n) is 2.98. The van der Waals surface area contributed by atoms with E-state index in [0.717, 1.165) is 18.5 Å². The molecule has 0 aliphatic heterocycles. The molecule has 2 N–H and O–H groups in total. The van der Waals surface area contributed by atoms with Crippen molar-refractivity contribution in [3.63, 3.8) is 0 Å². The predicted octanol–water partition coefficient (Wildman–Crippen LogP) is 1.85. The Kier molecular flexibility index (Phi) is 2.40. The van der Waals surface area contributed by atoms with E-state index in [1.165, 1.54) is 0 Å². The number of aryl methyl sites for hydroxylation is 1. The largest absolute Gasteiger partial charge is 0.332 e. The van der Waals surface area contributed by atoms with Crippen molar-refractivity contribution < 1.29 is 4.52 Å². The second-order valence-electron chi connectivity index (χ2n) is 4.49. The van der Waals surface area contributed by atoms with Crippen molar-refractivity contribution in [2.24, 2.45) is 11.7 Å². The van der Waals surface area contributed by atoms with Crippen molar-refractivity contribution in [2.75, 3.05) is 0 Å². The summed E-state index contributed by atoms with van der Waals surface area (Å²) in [5, 5.41) is 3.93. The maximum absolute atomic E-state index is 6.02. The molecule has 17 heavy (non-hydrogen) atoms. The number of nitrogens with two attached hydrogens (primary N) is 1. The zero-order valence-corrected chi connectivity index (χ0v) is 9.63. The Morgan fingerprint density at radius 1 is 1.35 bits per heavy atom. The highest BCUT2D eigenvalue weighted by Gasteiger charge is 2.32. The molecule has 1 fully saturated rings. The van der Waals surface area contributed by atoms with E-state index < -0.39 is 0 Å². The fraction of sp³-hybridized carbons (Fsp3) is 0.417. The lowest BCUT2D eigenvalue weighted by Gasteiger charge is -2.01. The maximum atomic E-state index is 6.02. The van der Waals surface area contributed by atoms with Gasteiger partial charge in [0.05, 0.1) is 6.04 Å². The molecule has 88 valence electrons. The summed E-state index contributed by atoms with van der Waals surface area (Å²) >= 11 is 0. The Hall–Kier alpha value is -1.75. The molecule has 1 atom stereocenters. The van der Waals surface area contributed by atoms with Crippen LogP contribution in [0.3, 0.4) is 0 Å². The number of hydrogen-bond acceptors (Lipinski definition) is 5. The van der Waals surface area contributed by atoms with Gasteiger partial charge in [-0.15, -0.1) is 0 Å². The minimum atomic E-state index is -0.0997. The summed E-state index contributed by atoms with van der Waals surface area (Å²) < 4.78 is 5.20. The summed E-state index contributed by atoms with van der Waals surface area (Å²) in [6.45, 7) is 1.93. The van der Waals surface area contributed by atoms with Gasteiger partial charge in [-0.05, 0) is 37.8 Å². The SMILES string of the molecule is Cc1cccc(-c2nc(C(N)C3CC3)no2)n1. The van der Waals surface area contributed by atoms with Crippen molar-refractivity contribution in [1.82, 2.24) is 15.1 Å². The molecule has 2 aromatic heterocycles. The van der Waals surface area contributed by atoms with Crippen LogP contribution >= 0.6 is 0 Å². The van der Waals surface area contributed by atoms with Crippen molar-refractivity contribution >= 4 is 0 Å². The zero-order chi connectivity index (χ0) is 11.8. The first-order chi connectivity index (χ1) is 8.24. The minimum absolute atomic E-state index is 0.0997. The summed E-state index contributed by atoms with van der Waals surface area (Å²) in [6.07, 6.45) is 2.32. The van der Waals surface area contributed by atoms with Crippen molar-refractivity contribution in [3.8, 4) is 11.6 Å². The molecule has 0 amide bonds. The topological polar surface area (TPSA) is 77.8 Å². The molecule has 1 aliphatic carbocycles. The Morgan fingerprint density at radius 2 is 2.18 bits per heavy atom. The lowest BCUT2D eigenvalue weighted by molar-refractivity contribution is 0.410. The average molecular weight is 230 g/mol. The van der Waals surface area contributed by atoms with Gasteiger partial charge in [0.2, 0.25) is 0 Å². The molecule has 0 spiro atoms. The van der Waals surface area contributed by atoms with Gasteiger partial charge in [0, 0.05) is 5.69 Å². The molecule has 3 rings (SSSR count). The first kappa shape index (κ1) is 10.4. The molecule has 1 unspecified atom stereocenters. The fourth-order valence-electron chi connectivity index (χ4n) is 1.80. The molecule has 0 bridgehead atoms. The van der Waals surface area contributed by atoms with E-state index in [0.29, 0.717) is 23.3 Å². The van der Waals surface area contributed by atoms with E-state index in [2.05, 4.69) is 15.1 Å². The highest BCUT2D eigenvalue weighted by Crippen LogP contribution is 2.38. The van der Waals surface area contributed by atoms with Crippen molar-refractivity contribution in [1.29, 1.82) is 0 Å². The third kappa shape index (κ3) is 2.06. The molecular formula is C12H14N4O. The predicted molar refractivity (Wildman–Crippen MR) is 61.9 cm³/mol. The van der Waals surface area contributed by atoms with E-state index in [4.69, 9.17) is 10.3 Å². The molecule has 2 heterocycles. The zero-order valence-electron chi connectivity index (χ0n) is 9.63. The van der Waals surface area contributed by atoms with Crippen LogP contribution in [0, 0.1) is 12.8 Å². The second kappa shape index (κ2) is 3.92. The quantitative estimate of drug-likeness (QED) is 0.870. The maximum Gasteiger partial charge on any atom is 0.276 e. The smallest absolute Gasteiger partial charge is 0.276 e. The van der Waals surface area contributed by atoms with Gasteiger partial charge < -0.3 is 10.3 Å². The van der Waals surface area contributed by atoms with Crippen LogP contribution in [0.25, 0.3) is 11.6 Å². The van der Waals surface area contributed by atoms with E-state index in [-0.39, 0.29) is 6.04 Å². The van der Waals surface area contributed by atoms with Gasteiger partial charge in [-0.1, -0.05) is 11.2 Å². The molecule has 0 aromatic carbocycles. The first-order valence-corrected chi connectivity index (χ1v) is 5.77. The highest BCUT2D eigenvalue weighted by atomic mass is 16.5. The summed E-state index contributed by atoms with van der Waals surface area (Å²) in [6, 6.07) is 5.60. The third-order valence-corrected chi connectivity index (χ3v) is 2.98. The summed E-state index contributed by atoms with van der Waals surface area (Å²) in [5.74, 6) is 1.55. The van der Waals surface area contributed by atoms with Gasteiger partial charge in [-0.25, -0.2) is 4.98 Å². The molecule has 5 heteroatoms. The van der Waals surface area contributed by atoms with E-state index in [1.54, 1.807) is 0 Å². The van der Waals surface area contributed by atoms with Crippen LogP contribution in [0.1, 0.15) is 30.4 Å². The van der Waals surface area contributed by atoms with Crippen molar-refractivity contribution in [2.45, 2.75) is 25.8 Å². The lowest BCUT2D eigenvalue weighted by atomic mass is 10.2. The average Bonchev–Trinajstić information content (AvgIpc) is 3.05. The number of pyridine rings is 1. The summed E-state index contributed by atoms with van der Waals surface area (Å²) in [7, 11) is 0. The lowest BCUT2D eigenvalue weighted by Crippen LogP contribution is -2.13. The van der Waals surface area contributed by atoms with Crippen LogP contribution in [0.2, 0.25) is 0 Å². The number of aromatic nitrogens is 3. The Morgan fingerprint density at radius 3 is 2.88 bits per heavy atom. The van der Waals surface area contributed by atoms with Crippen LogP contribution < -0.4 is 5.73 Å². The molecule has 1 saturated carbocycles. The van der Waals surface area contributed by atoms with Gasteiger partial charge in [0.25, 0.3) is 5.89 Å². The first-order valence-electron chi connectivity index (χ1n) is 5.77. The second-order valence-corrected chi connectivity index (χ2v) is 4.49. The minimum Gasteiger partial charge on any atom is -0.332 e. The number of hydrogen-bond donors (Lipinski definition) is 1. The van der Waals surface area contributed by atoms with Crippen LogP contribution in [0.5, 0.6) is 0 Å². The summed E-state index contributed by atoms with van der Waals surface area (Å²) in [4.78, 5) is 8.66. The standard InChI is InChI=1S/C12H14N4O/c1-7-3-2-4-9(14-7)12-15-11(16-17-12)10(13)8-5-6-8/h2-4,8,10H,5-6,13H2,1H3. The van der Waals surface area contributed by atoms with Crippen LogP contribution in [-0.4, -0.2) is 15.1 Å². The molecule has 2 aromatic rings. The van der Waals surface area contributed by atoms with E-state index in [1.807, 2.05) is 25.1 Å². The summed E-state index contributed by atoms with van der Waals surface area (Å²) in [5.41, 5.74) is 7.64. The van der Waals surface area contributed by atoms with Crippen LogP contribution in [0.15, 0.2) is 22.7 Å². The Bertz CT molecular complexity index is 533. The fourth-order valence-corrected chi connectivity index (χ4v) is 1.80. The Labute approximate surface area is 99.1 Å². The van der Waals surface area contributed by atoms with Crippen molar-refractivity contribution in [3.05, 3.63) is 29.7 Å². The van der Waals surface area contributed by atoms with Gasteiger partial charge in [0.1, 0.15) is 5.69 Å². The molecule has 0 radical (unpaired) electrons. The normalized spacial score (nSPS) is 17.1. The van der Waals surface area contributed by atoms with Gasteiger partial charge in [-0.3, -0.25) is 0 Å². The molecule has 1 aliphatic rings. The van der Waals surface area contributed by atoms with Crippen LogP contribution in [0.4, 0.5) is 0 Å². The number of nitrogens with zero attached hydrogens (tertiary/aromatic N) is 3. The van der Waals surface area contributed by atoms with Gasteiger partial charge in [0.15, 0.2) is 5.82 Å². The molecular weight excluding hydrogens is 216 g/mol. The van der Waals surface area contributed by atoms with E-state index >= 15 is 0 Å². The molecule has 0 saturated heterocycles.